The molecule has 1 aromatic carbocycles. The molecule has 11 heteroatoms. The fourth-order valence-corrected chi connectivity index (χ4v) is 3.08. The maximum atomic E-state index is 11.9. The second-order valence-corrected chi connectivity index (χ2v) is 7.12. The molecule has 23 heavy (non-hydrogen) atoms. The van der Waals surface area contributed by atoms with Crippen LogP contribution in [-0.4, -0.2) is 40.3 Å². The first kappa shape index (κ1) is 17.4. The van der Waals surface area contributed by atoms with Crippen LogP contribution in [0.25, 0.3) is 0 Å². The van der Waals surface area contributed by atoms with Crippen molar-refractivity contribution in [2.75, 3.05) is 11.1 Å². The molecule has 0 saturated carbocycles. The zero-order valence-corrected chi connectivity index (χ0v) is 14.0. The van der Waals surface area contributed by atoms with Gasteiger partial charge in [0.05, 0.1) is 4.90 Å². The largest absolute Gasteiger partial charge is 0.326 e. The maximum absolute atomic E-state index is 11.9. The third-order valence-corrected chi connectivity index (χ3v) is 4.71. The van der Waals surface area contributed by atoms with Crippen molar-refractivity contribution in [3.05, 3.63) is 24.3 Å². The third kappa shape index (κ3) is 5.01. The number of carbonyl (C=O) groups is 1. The molecule has 0 atom stereocenters. The van der Waals surface area contributed by atoms with Crippen molar-refractivity contribution >= 4 is 33.4 Å². The molecule has 0 bridgehead atoms. The number of nitrogens with one attached hydrogen (secondary N) is 1. The van der Waals surface area contributed by atoms with Crippen LogP contribution in [0.1, 0.15) is 13.3 Å². The first-order valence-corrected chi connectivity index (χ1v) is 9.25. The minimum atomic E-state index is -3.73. The number of aromatic nitrogens is 4. The predicted molar refractivity (Wildman–Crippen MR) is 85.3 cm³/mol. The monoisotopic (exact) mass is 356 g/mol. The third-order valence-electron chi connectivity index (χ3n) is 2.83. The molecule has 0 unspecified atom stereocenters. The van der Waals surface area contributed by atoms with E-state index in [2.05, 4.69) is 20.8 Å². The van der Waals surface area contributed by atoms with Crippen LogP contribution in [0, 0.1) is 0 Å². The summed E-state index contributed by atoms with van der Waals surface area (Å²) in [5.74, 6) is 0.345. The van der Waals surface area contributed by atoms with Crippen molar-refractivity contribution < 1.29 is 13.2 Å². The molecule has 0 fully saturated rings. The number of amides is 1. The SMILES string of the molecule is CCn1nnnc1SCCC(=O)Nc1ccc(S(N)(=O)=O)cc1. The number of carbonyl (C=O) groups excluding carboxylic acids is 1. The van der Waals surface area contributed by atoms with E-state index in [0.717, 1.165) is 0 Å². The molecule has 0 aliphatic carbocycles. The van der Waals surface area contributed by atoms with E-state index in [1.54, 1.807) is 4.68 Å². The van der Waals surface area contributed by atoms with Gasteiger partial charge in [0.1, 0.15) is 0 Å². The lowest BCUT2D eigenvalue weighted by Crippen LogP contribution is -2.14. The molecule has 1 amide bonds. The predicted octanol–water partition coefficient (Wildman–Crippen LogP) is 0.461. The Morgan fingerprint density at radius 2 is 2.04 bits per heavy atom. The van der Waals surface area contributed by atoms with Crippen LogP contribution in [0.4, 0.5) is 5.69 Å². The number of aryl methyl sites for hydroxylation is 1. The number of nitrogens with two attached hydrogens (primary N) is 1. The summed E-state index contributed by atoms with van der Waals surface area (Å²) in [6.07, 6.45) is 0.276. The number of tetrazole rings is 1. The molecule has 124 valence electrons. The van der Waals surface area contributed by atoms with Crippen LogP contribution in [0.15, 0.2) is 34.3 Å². The lowest BCUT2D eigenvalue weighted by atomic mass is 10.3. The fraction of sp³-hybridized carbons (Fsp3) is 0.333. The van der Waals surface area contributed by atoms with Crippen molar-refractivity contribution in [1.29, 1.82) is 0 Å². The average Bonchev–Trinajstić information content (AvgIpc) is 2.94. The van der Waals surface area contributed by atoms with Crippen molar-refractivity contribution in [2.45, 2.75) is 29.9 Å². The van der Waals surface area contributed by atoms with Crippen molar-refractivity contribution in [2.24, 2.45) is 5.14 Å². The van der Waals surface area contributed by atoms with E-state index in [9.17, 15) is 13.2 Å². The molecular weight excluding hydrogens is 340 g/mol. The topological polar surface area (TPSA) is 133 Å². The second-order valence-electron chi connectivity index (χ2n) is 4.49. The average molecular weight is 356 g/mol. The maximum Gasteiger partial charge on any atom is 0.238 e. The highest BCUT2D eigenvalue weighted by molar-refractivity contribution is 7.99. The highest BCUT2D eigenvalue weighted by Crippen LogP contribution is 2.16. The molecule has 9 nitrogen and oxygen atoms in total. The number of rotatable bonds is 7. The van der Waals surface area contributed by atoms with Crippen LogP contribution in [-0.2, 0) is 21.4 Å². The molecule has 1 heterocycles. The van der Waals surface area contributed by atoms with E-state index in [-0.39, 0.29) is 17.2 Å². The summed E-state index contributed by atoms with van der Waals surface area (Å²) in [6, 6.07) is 5.66. The molecule has 2 aromatic rings. The molecule has 0 spiro atoms. The Bertz CT molecular complexity index is 772. The number of anilines is 1. The van der Waals surface area contributed by atoms with Crippen LogP contribution < -0.4 is 10.5 Å². The van der Waals surface area contributed by atoms with Crippen LogP contribution in [0.2, 0.25) is 0 Å². The normalized spacial score (nSPS) is 11.4. The van der Waals surface area contributed by atoms with Crippen molar-refractivity contribution in [3.8, 4) is 0 Å². The lowest BCUT2D eigenvalue weighted by molar-refractivity contribution is -0.115. The van der Waals surface area contributed by atoms with E-state index in [0.29, 0.717) is 23.1 Å². The number of hydrogen-bond donors (Lipinski definition) is 2. The van der Waals surface area contributed by atoms with Gasteiger partial charge >= 0.3 is 0 Å². The molecule has 3 N–H and O–H groups in total. The van der Waals surface area contributed by atoms with Gasteiger partial charge in [0, 0.05) is 24.4 Å². The van der Waals surface area contributed by atoms with Gasteiger partial charge in [0.25, 0.3) is 0 Å². The Morgan fingerprint density at radius 1 is 1.35 bits per heavy atom. The number of thioether (sulfide) groups is 1. The number of nitrogens with zero attached hydrogens (tertiary/aromatic N) is 4. The van der Waals surface area contributed by atoms with Gasteiger partial charge in [-0.25, -0.2) is 18.2 Å². The first-order chi connectivity index (χ1) is 10.9. The Hall–Kier alpha value is -1.98. The minimum absolute atomic E-state index is 0.00236. The summed E-state index contributed by atoms with van der Waals surface area (Å²) in [4.78, 5) is 11.8. The zero-order valence-electron chi connectivity index (χ0n) is 12.3. The van der Waals surface area contributed by atoms with E-state index in [4.69, 9.17) is 5.14 Å². The second kappa shape index (κ2) is 7.53. The Balaban J connectivity index is 1.83. The standard InChI is InChI=1S/C12H16N6O3S2/c1-2-18-12(15-16-17-18)22-8-7-11(19)14-9-3-5-10(6-4-9)23(13,20)21/h3-6H,2,7-8H2,1H3,(H,14,19)(H2,13,20,21). The van der Waals surface area contributed by atoms with Crippen LogP contribution in [0.3, 0.4) is 0 Å². The zero-order chi connectivity index (χ0) is 16.9. The summed E-state index contributed by atoms with van der Waals surface area (Å²) in [5, 5.41) is 19.6. The molecule has 0 aliphatic rings. The first-order valence-electron chi connectivity index (χ1n) is 6.72. The molecule has 2 rings (SSSR count). The summed E-state index contributed by atoms with van der Waals surface area (Å²) < 4.78 is 23.9. The highest BCUT2D eigenvalue weighted by atomic mass is 32.2. The van der Waals surface area contributed by atoms with E-state index in [1.165, 1.54) is 36.0 Å². The summed E-state index contributed by atoms with van der Waals surface area (Å²) in [7, 11) is -3.73. The van der Waals surface area contributed by atoms with Crippen molar-refractivity contribution in [1.82, 2.24) is 20.2 Å². The van der Waals surface area contributed by atoms with E-state index < -0.39 is 10.0 Å². The van der Waals surface area contributed by atoms with Gasteiger partial charge in [-0.3, -0.25) is 4.79 Å². The van der Waals surface area contributed by atoms with E-state index in [1.807, 2.05) is 6.92 Å². The molecule has 0 radical (unpaired) electrons. The molecule has 0 saturated heterocycles. The Morgan fingerprint density at radius 3 is 2.65 bits per heavy atom. The lowest BCUT2D eigenvalue weighted by Gasteiger charge is -2.06. The number of primary sulfonamides is 1. The minimum Gasteiger partial charge on any atom is -0.326 e. The summed E-state index contributed by atoms with van der Waals surface area (Å²) >= 11 is 1.39. The summed E-state index contributed by atoms with van der Waals surface area (Å²) in [5.41, 5.74) is 0.505. The highest BCUT2D eigenvalue weighted by Gasteiger charge is 2.09. The number of hydrogen-bond acceptors (Lipinski definition) is 7. The van der Waals surface area contributed by atoms with Gasteiger partial charge in [-0.1, -0.05) is 11.8 Å². The Labute approximate surface area is 137 Å². The quantitative estimate of drug-likeness (QED) is 0.689. The van der Waals surface area contributed by atoms with Gasteiger partial charge in [-0.15, -0.1) is 5.10 Å². The Kier molecular flexibility index (Phi) is 5.69. The van der Waals surface area contributed by atoms with Gasteiger partial charge in [0.2, 0.25) is 21.1 Å². The van der Waals surface area contributed by atoms with Crippen molar-refractivity contribution in [3.63, 3.8) is 0 Å². The van der Waals surface area contributed by atoms with Gasteiger partial charge < -0.3 is 5.32 Å². The molecular formula is C12H16N6O3S2. The van der Waals surface area contributed by atoms with Crippen LogP contribution in [0.5, 0.6) is 0 Å². The summed E-state index contributed by atoms with van der Waals surface area (Å²) in [6.45, 7) is 2.59. The van der Waals surface area contributed by atoms with Gasteiger partial charge in [0.15, 0.2) is 0 Å². The number of sulfonamides is 1. The van der Waals surface area contributed by atoms with Gasteiger partial charge in [-0.05, 0) is 41.6 Å². The fourth-order valence-electron chi connectivity index (χ4n) is 1.68. The molecule has 0 aliphatic heterocycles. The van der Waals surface area contributed by atoms with Gasteiger partial charge in [-0.2, -0.15) is 0 Å². The van der Waals surface area contributed by atoms with Crippen LogP contribution >= 0.6 is 11.8 Å². The van der Waals surface area contributed by atoms with E-state index >= 15 is 0 Å². The smallest absolute Gasteiger partial charge is 0.238 e. The number of benzene rings is 1. The molecule has 1 aromatic heterocycles.